The first-order valence-corrected chi connectivity index (χ1v) is 7.31. The van der Waals surface area contributed by atoms with Crippen LogP contribution in [0.4, 0.5) is 0 Å². The summed E-state index contributed by atoms with van der Waals surface area (Å²) in [5, 5.41) is 17.4. The highest BCUT2D eigenvalue weighted by atomic mass is 16.6. The Labute approximate surface area is 133 Å². The molecule has 0 aromatic rings. The zero-order valence-corrected chi connectivity index (χ0v) is 14.3. The van der Waals surface area contributed by atoms with Crippen LogP contribution in [0, 0.1) is 11.3 Å². The molecule has 0 N–H and O–H groups in total. The van der Waals surface area contributed by atoms with E-state index < -0.39 is 5.54 Å². The maximum absolute atomic E-state index is 11.6. The lowest BCUT2D eigenvalue weighted by Crippen LogP contribution is -2.23. The maximum atomic E-state index is 11.6. The Morgan fingerprint density at radius 2 is 1.86 bits per heavy atom. The molecule has 0 aromatic heterocycles. The zero-order chi connectivity index (χ0) is 17.2. The van der Waals surface area contributed by atoms with Gasteiger partial charge in [-0.15, -0.1) is 0 Å². The average Bonchev–Trinajstić information content (AvgIpc) is 2.41. The normalized spacial score (nSPS) is 14.4. The fourth-order valence-electron chi connectivity index (χ4n) is 1.27. The van der Waals surface area contributed by atoms with E-state index in [0.717, 1.165) is 5.57 Å². The van der Waals surface area contributed by atoms with Crippen molar-refractivity contribution in [3.05, 3.63) is 12.2 Å². The van der Waals surface area contributed by atoms with Crippen molar-refractivity contribution in [2.24, 2.45) is 10.2 Å². The van der Waals surface area contributed by atoms with Crippen LogP contribution < -0.4 is 0 Å². The van der Waals surface area contributed by atoms with Gasteiger partial charge in [-0.3, -0.25) is 4.79 Å². The number of hydrogen-bond donors (Lipinski definition) is 0. The topological polar surface area (TPSA) is 84.0 Å². The molecule has 22 heavy (non-hydrogen) atoms. The van der Waals surface area contributed by atoms with Gasteiger partial charge in [-0.2, -0.15) is 15.5 Å². The molecule has 0 heterocycles. The van der Waals surface area contributed by atoms with Gasteiger partial charge in [0.15, 0.2) is 5.54 Å². The maximum Gasteiger partial charge on any atom is 0.305 e. The van der Waals surface area contributed by atoms with E-state index in [1.165, 1.54) is 0 Å². The third kappa shape index (κ3) is 11.0. The summed E-state index contributed by atoms with van der Waals surface area (Å²) in [6, 6.07) is 2.09. The lowest BCUT2D eigenvalue weighted by Gasteiger charge is -2.17. The highest BCUT2D eigenvalue weighted by molar-refractivity contribution is 5.69. The van der Waals surface area contributed by atoms with Gasteiger partial charge in [0.2, 0.25) is 0 Å². The van der Waals surface area contributed by atoms with Crippen LogP contribution in [-0.4, -0.2) is 36.9 Å². The van der Waals surface area contributed by atoms with Gasteiger partial charge in [0.1, 0.15) is 6.61 Å². The monoisotopic (exact) mass is 309 g/mol. The second-order valence-electron chi connectivity index (χ2n) is 6.49. The quantitative estimate of drug-likeness (QED) is 0.283. The van der Waals surface area contributed by atoms with Crippen LogP contribution in [0.5, 0.6) is 0 Å². The molecule has 0 saturated carbocycles. The van der Waals surface area contributed by atoms with Crippen LogP contribution in [-0.2, 0) is 14.3 Å². The number of carbonyl (C=O) groups is 1. The number of carbonyl (C=O) groups excluding carboxylic acids is 1. The number of azo groups is 1. The Morgan fingerprint density at radius 3 is 2.36 bits per heavy atom. The van der Waals surface area contributed by atoms with Gasteiger partial charge in [0.05, 0.1) is 24.8 Å². The Hall–Kier alpha value is -1.74. The van der Waals surface area contributed by atoms with Gasteiger partial charge >= 0.3 is 5.97 Å². The van der Waals surface area contributed by atoms with E-state index in [9.17, 15) is 10.1 Å². The van der Waals surface area contributed by atoms with E-state index in [-0.39, 0.29) is 31.0 Å². The van der Waals surface area contributed by atoms with Crippen molar-refractivity contribution < 1.29 is 14.3 Å². The molecule has 0 spiro atoms. The van der Waals surface area contributed by atoms with Crippen molar-refractivity contribution in [2.75, 3.05) is 19.8 Å². The van der Waals surface area contributed by atoms with E-state index in [2.05, 4.69) is 22.9 Å². The number of esters is 1. The average molecular weight is 309 g/mol. The summed E-state index contributed by atoms with van der Waals surface area (Å²) < 4.78 is 10.3. The molecule has 0 aromatic carbocycles. The zero-order valence-electron chi connectivity index (χ0n) is 14.3. The minimum Gasteiger partial charge on any atom is -0.463 e. The van der Waals surface area contributed by atoms with Gasteiger partial charge in [-0.05, 0) is 41.0 Å². The fourth-order valence-corrected chi connectivity index (χ4v) is 1.27. The first-order valence-electron chi connectivity index (χ1n) is 7.31. The smallest absolute Gasteiger partial charge is 0.305 e. The molecule has 0 aliphatic carbocycles. The second kappa shape index (κ2) is 9.31. The number of nitrogens with zero attached hydrogens (tertiary/aromatic N) is 3. The third-order valence-corrected chi connectivity index (χ3v) is 2.47. The van der Waals surface area contributed by atoms with Crippen LogP contribution in [0.3, 0.4) is 0 Å². The van der Waals surface area contributed by atoms with Gasteiger partial charge in [0.25, 0.3) is 0 Å². The Balaban J connectivity index is 4.13. The summed E-state index contributed by atoms with van der Waals surface area (Å²) >= 11 is 0. The predicted octanol–water partition coefficient (Wildman–Crippen LogP) is 3.44. The standard InChI is InChI=1S/C16H27N3O3/c1-13(2)11-21-9-10-22-14(20)7-8-16(6,12-17)19-18-15(3,4)5/h1,7-11H2,2-6H3/b19-18+. The molecule has 0 saturated heterocycles. The molecule has 0 aliphatic rings. The molecular formula is C16H27N3O3. The van der Waals surface area contributed by atoms with Crippen molar-refractivity contribution in [3.63, 3.8) is 0 Å². The fraction of sp³-hybridized carbons (Fsp3) is 0.750. The summed E-state index contributed by atoms with van der Waals surface area (Å²) in [5.74, 6) is -0.369. The van der Waals surface area contributed by atoms with E-state index in [4.69, 9.17) is 9.47 Å². The molecule has 6 nitrogen and oxygen atoms in total. The number of nitriles is 1. The molecule has 0 aliphatic heterocycles. The van der Waals surface area contributed by atoms with Gasteiger partial charge in [0, 0.05) is 6.42 Å². The number of rotatable bonds is 9. The Bertz CT molecular complexity index is 447. The largest absolute Gasteiger partial charge is 0.463 e. The van der Waals surface area contributed by atoms with Gasteiger partial charge in [-0.1, -0.05) is 12.2 Å². The minimum absolute atomic E-state index is 0.119. The Morgan fingerprint density at radius 1 is 1.23 bits per heavy atom. The van der Waals surface area contributed by atoms with Crippen LogP contribution >= 0.6 is 0 Å². The molecule has 1 unspecified atom stereocenters. The first kappa shape index (κ1) is 20.3. The van der Waals surface area contributed by atoms with E-state index >= 15 is 0 Å². The van der Waals surface area contributed by atoms with Crippen LogP contribution in [0.25, 0.3) is 0 Å². The molecular weight excluding hydrogens is 282 g/mol. The summed E-state index contributed by atoms with van der Waals surface area (Å²) in [5.41, 5.74) is -0.442. The third-order valence-electron chi connectivity index (χ3n) is 2.47. The van der Waals surface area contributed by atoms with Crippen LogP contribution in [0.2, 0.25) is 0 Å². The van der Waals surface area contributed by atoms with E-state index in [0.29, 0.717) is 13.2 Å². The van der Waals surface area contributed by atoms with E-state index in [1.54, 1.807) is 6.92 Å². The highest BCUT2D eigenvalue weighted by Gasteiger charge is 2.25. The number of ether oxygens (including phenoxy) is 2. The van der Waals surface area contributed by atoms with Crippen LogP contribution in [0.15, 0.2) is 22.4 Å². The Kier molecular flexibility index (Phi) is 8.58. The van der Waals surface area contributed by atoms with Crippen molar-refractivity contribution >= 4 is 5.97 Å². The lowest BCUT2D eigenvalue weighted by atomic mass is 9.99. The van der Waals surface area contributed by atoms with Crippen molar-refractivity contribution in [3.8, 4) is 6.07 Å². The second-order valence-corrected chi connectivity index (χ2v) is 6.49. The van der Waals surface area contributed by atoms with Gasteiger partial charge < -0.3 is 9.47 Å². The first-order chi connectivity index (χ1) is 10.1. The molecule has 0 fully saturated rings. The number of hydrogen-bond acceptors (Lipinski definition) is 6. The van der Waals surface area contributed by atoms with Crippen molar-refractivity contribution in [1.29, 1.82) is 5.26 Å². The predicted molar refractivity (Wildman–Crippen MR) is 84.5 cm³/mol. The molecule has 0 bridgehead atoms. The van der Waals surface area contributed by atoms with Gasteiger partial charge in [-0.25, -0.2) is 0 Å². The highest BCUT2D eigenvalue weighted by Crippen LogP contribution is 2.20. The summed E-state index contributed by atoms with van der Waals surface area (Å²) in [6.07, 6.45) is 0.391. The lowest BCUT2D eigenvalue weighted by molar-refractivity contribution is -0.145. The molecule has 124 valence electrons. The molecule has 0 radical (unpaired) electrons. The molecule has 0 rings (SSSR count). The summed E-state index contributed by atoms with van der Waals surface area (Å²) in [6.45, 7) is 13.9. The minimum atomic E-state index is -1.01. The molecule has 0 amide bonds. The SMILES string of the molecule is C=C(C)COCCOC(=O)CCC(C)(C#N)/N=N/C(C)(C)C. The summed E-state index contributed by atoms with van der Waals surface area (Å²) in [4.78, 5) is 11.6. The summed E-state index contributed by atoms with van der Waals surface area (Å²) in [7, 11) is 0. The van der Waals surface area contributed by atoms with Crippen molar-refractivity contribution in [1.82, 2.24) is 0 Å². The van der Waals surface area contributed by atoms with Crippen molar-refractivity contribution in [2.45, 2.75) is 58.5 Å². The van der Waals surface area contributed by atoms with Crippen LogP contribution in [0.1, 0.15) is 47.5 Å². The van der Waals surface area contributed by atoms with E-state index in [1.807, 2.05) is 27.7 Å². The molecule has 6 heteroatoms. The molecule has 1 atom stereocenters.